The third-order valence-electron chi connectivity index (χ3n) is 3.55. The molecule has 0 saturated carbocycles. The quantitative estimate of drug-likeness (QED) is 0.784. The van der Waals surface area contributed by atoms with Gasteiger partial charge in [-0.25, -0.2) is 0 Å². The van der Waals surface area contributed by atoms with Gasteiger partial charge in [0.2, 0.25) is 0 Å². The lowest BCUT2D eigenvalue weighted by atomic mass is 10.0. The Morgan fingerprint density at radius 2 is 2.25 bits per heavy atom. The molecular weight excluding hydrogens is 264 g/mol. The molecule has 16 heavy (non-hydrogen) atoms. The fourth-order valence-corrected chi connectivity index (χ4v) is 3.52. The molecule has 2 aromatic rings. The van der Waals surface area contributed by atoms with Gasteiger partial charge in [-0.15, -0.1) is 0 Å². The van der Waals surface area contributed by atoms with Gasteiger partial charge in [-0.05, 0) is 47.4 Å². The number of nitrogens with zero attached hydrogens (tertiary/aromatic N) is 1. The summed E-state index contributed by atoms with van der Waals surface area (Å²) in [7, 11) is 2.16. The van der Waals surface area contributed by atoms with E-state index in [1.165, 1.54) is 26.6 Å². The van der Waals surface area contributed by atoms with Gasteiger partial charge in [0.15, 0.2) is 0 Å². The molecule has 1 aliphatic heterocycles. The molecule has 1 aromatic carbocycles. The van der Waals surface area contributed by atoms with Crippen molar-refractivity contribution in [3.63, 3.8) is 0 Å². The van der Waals surface area contributed by atoms with E-state index in [9.17, 15) is 0 Å². The minimum absolute atomic E-state index is 0.452. The van der Waals surface area contributed by atoms with Crippen molar-refractivity contribution in [1.82, 2.24) is 9.88 Å². The smallest absolute Gasteiger partial charge is 0.0627 e. The van der Waals surface area contributed by atoms with Crippen LogP contribution in [0.2, 0.25) is 0 Å². The zero-order chi connectivity index (χ0) is 11.3. The summed E-state index contributed by atoms with van der Waals surface area (Å²) in [6, 6.07) is 6.93. The van der Waals surface area contributed by atoms with Gasteiger partial charge in [0.25, 0.3) is 0 Å². The van der Waals surface area contributed by atoms with Crippen LogP contribution in [0.25, 0.3) is 10.9 Å². The second-order valence-corrected chi connectivity index (χ2v) is 5.34. The van der Waals surface area contributed by atoms with Crippen LogP contribution in [-0.4, -0.2) is 11.1 Å². The van der Waals surface area contributed by atoms with Crippen LogP contribution in [0.1, 0.15) is 24.2 Å². The Balaban J connectivity index is 2.43. The Bertz CT molecular complexity index is 557. The van der Waals surface area contributed by atoms with Crippen LogP contribution in [0.5, 0.6) is 0 Å². The molecule has 3 heteroatoms. The van der Waals surface area contributed by atoms with Gasteiger partial charge in [-0.2, -0.15) is 0 Å². The number of benzene rings is 1. The molecule has 3 rings (SSSR count). The molecule has 0 saturated heterocycles. The van der Waals surface area contributed by atoms with Gasteiger partial charge >= 0.3 is 0 Å². The lowest BCUT2D eigenvalue weighted by Gasteiger charge is -2.22. The van der Waals surface area contributed by atoms with E-state index >= 15 is 0 Å². The van der Waals surface area contributed by atoms with E-state index in [-0.39, 0.29) is 0 Å². The van der Waals surface area contributed by atoms with Crippen LogP contribution < -0.4 is 5.32 Å². The van der Waals surface area contributed by atoms with Crippen LogP contribution >= 0.6 is 15.9 Å². The summed E-state index contributed by atoms with van der Waals surface area (Å²) in [5.74, 6) is 0. The van der Waals surface area contributed by atoms with Crippen LogP contribution in [0.4, 0.5) is 0 Å². The maximum Gasteiger partial charge on any atom is 0.0627 e. The SMILES string of the molecule is CC1NCCc2c1n(C)c1c(Br)cccc21. The molecule has 0 bridgehead atoms. The van der Waals surface area contributed by atoms with Gasteiger partial charge in [0.05, 0.1) is 5.52 Å². The number of nitrogens with one attached hydrogen (secondary N) is 1. The predicted octanol–water partition coefficient (Wildman–Crippen LogP) is 3.15. The average molecular weight is 279 g/mol. The number of aryl methyl sites for hydroxylation is 1. The largest absolute Gasteiger partial charge is 0.345 e. The van der Waals surface area contributed by atoms with E-state index in [1.807, 2.05) is 0 Å². The van der Waals surface area contributed by atoms with Gasteiger partial charge in [0, 0.05) is 28.6 Å². The number of halogens is 1. The summed E-state index contributed by atoms with van der Waals surface area (Å²) in [6.45, 7) is 3.32. The molecule has 2 nitrogen and oxygen atoms in total. The lowest BCUT2D eigenvalue weighted by Crippen LogP contribution is -2.28. The van der Waals surface area contributed by atoms with Crippen molar-refractivity contribution in [2.45, 2.75) is 19.4 Å². The monoisotopic (exact) mass is 278 g/mol. The predicted molar refractivity (Wildman–Crippen MR) is 70.7 cm³/mol. The summed E-state index contributed by atoms with van der Waals surface area (Å²) >= 11 is 3.65. The molecule has 1 unspecified atom stereocenters. The Morgan fingerprint density at radius 1 is 1.44 bits per heavy atom. The number of hydrogen-bond donors (Lipinski definition) is 1. The highest BCUT2D eigenvalue weighted by Gasteiger charge is 2.23. The summed E-state index contributed by atoms with van der Waals surface area (Å²) in [5.41, 5.74) is 4.28. The van der Waals surface area contributed by atoms with Crippen molar-refractivity contribution >= 4 is 26.8 Å². The van der Waals surface area contributed by atoms with E-state index in [2.05, 4.69) is 58.0 Å². The first kappa shape index (κ1) is 10.4. The van der Waals surface area contributed by atoms with Crippen LogP contribution in [-0.2, 0) is 13.5 Å². The normalized spacial score (nSPS) is 20.1. The molecule has 1 aliphatic rings. The Labute approximate surface area is 104 Å². The van der Waals surface area contributed by atoms with E-state index < -0.39 is 0 Å². The van der Waals surface area contributed by atoms with Gasteiger partial charge < -0.3 is 9.88 Å². The Hall–Kier alpha value is -0.800. The summed E-state index contributed by atoms with van der Waals surface area (Å²) in [6.07, 6.45) is 1.13. The fourth-order valence-electron chi connectivity index (χ4n) is 2.89. The van der Waals surface area contributed by atoms with Crippen molar-refractivity contribution < 1.29 is 0 Å². The molecule has 1 aromatic heterocycles. The number of hydrogen-bond acceptors (Lipinski definition) is 1. The van der Waals surface area contributed by atoms with Crippen molar-refractivity contribution in [1.29, 1.82) is 0 Å². The second-order valence-electron chi connectivity index (χ2n) is 4.48. The van der Waals surface area contributed by atoms with Crippen LogP contribution in [0.3, 0.4) is 0 Å². The van der Waals surface area contributed by atoms with Crippen LogP contribution in [0.15, 0.2) is 22.7 Å². The van der Waals surface area contributed by atoms with Crippen molar-refractivity contribution in [3.8, 4) is 0 Å². The van der Waals surface area contributed by atoms with E-state index in [0.29, 0.717) is 6.04 Å². The minimum atomic E-state index is 0.452. The van der Waals surface area contributed by atoms with Gasteiger partial charge in [-0.3, -0.25) is 0 Å². The first-order valence-corrected chi connectivity index (χ1v) is 6.48. The molecule has 0 radical (unpaired) electrons. The molecule has 0 spiro atoms. The standard InChI is InChI=1S/C13H15BrN2/c1-8-12-10(6-7-15-8)9-4-3-5-11(14)13(9)16(12)2/h3-5,8,15H,6-7H2,1-2H3. The molecule has 1 N–H and O–H groups in total. The molecule has 2 heterocycles. The molecule has 1 atom stereocenters. The van der Waals surface area contributed by atoms with E-state index in [0.717, 1.165) is 13.0 Å². The maximum absolute atomic E-state index is 3.65. The third kappa shape index (κ3) is 1.28. The molecule has 84 valence electrons. The fraction of sp³-hybridized carbons (Fsp3) is 0.385. The highest BCUT2D eigenvalue weighted by Crippen LogP contribution is 2.35. The molecule has 0 fully saturated rings. The Kier molecular flexibility index (Phi) is 2.33. The van der Waals surface area contributed by atoms with Gasteiger partial charge in [0.1, 0.15) is 0 Å². The zero-order valence-electron chi connectivity index (χ0n) is 9.55. The number of fused-ring (bicyclic) bond motifs is 3. The van der Waals surface area contributed by atoms with Crippen molar-refractivity contribution in [3.05, 3.63) is 33.9 Å². The highest BCUT2D eigenvalue weighted by atomic mass is 79.9. The Morgan fingerprint density at radius 3 is 3.06 bits per heavy atom. The lowest BCUT2D eigenvalue weighted by molar-refractivity contribution is 0.515. The molecular formula is C13H15BrN2. The van der Waals surface area contributed by atoms with E-state index in [4.69, 9.17) is 0 Å². The molecule has 0 amide bonds. The zero-order valence-corrected chi connectivity index (χ0v) is 11.1. The number of para-hydroxylation sites is 1. The van der Waals surface area contributed by atoms with Crippen molar-refractivity contribution in [2.24, 2.45) is 7.05 Å². The third-order valence-corrected chi connectivity index (χ3v) is 4.19. The van der Waals surface area contributed by atoms with E-state index in [1.54, 1.807) is 0 Å². The first-order valence-electron chi connectivity index (χ1n) is 5.69. The topological polar surface area (TPSA) is 17.0 Å². The summed E-state index contributed by atoms with van der Waals surface area (Å²) in [5, 5.41) is 4.93. The first-order chi connectivity index (χ1) is 7.70. The maximum atomic E-state index is 3.65. The second kappa shape index (κ2) is 3.60. The average Bonchev–Trinajstić information content (AvgIpc) is 2.56. The summed E-state index contributed by atoms with van der Waals surface area (Å²) < 4.78 is 3.51. The number of rotatable bonds is 0. The molecule has 0 aliphatic carbocycles. The van der Waals surface area contributed by atoms with Crippen LogP contribution in [0, 0.1) is 0 Å². The van der Waals surface area contributed by atoms with Gasteiger partial charge in [-0.1, -0.05) is 12.1 Å². The minimum Gasteiger partial charge on any atom is -0.345 e. The number of aromatic nitrogens is 1. The summed E-state index contributed by atoms with van der Waals surface area (Å²) in [4.78, 5) is 0. The van der Waals surface area contributed by atoms with Crippen molar-refractivity contribution in [2.75, 3.05) is 6.54 Å². The highest BCUT2D eigenvalue weighted by molar-refractivity contribution is 9.10.